The fourth-order valence-electron chi connectivity index (χ4n) is 2.30. The van der Waals surface area contributed by atoms with Crippen LogP contribution in [0.25, 0.3) is 0 Å². The minimum Gasteiger partial charge on any atom is -0.378 e. The van der Waals surface area contributed by atoms with Crippen LogP contribution in [-0.4, -0.2) is 12.7 Å². The predicted molar refractivity (Wildman–Crippen MR) is 71.2 cm³/mol. The maximum atomic E-state index is 6.17. The third kappa shape index (κ3) is 3.98. The van der Waals surface area contributed by atoms with Crippen LogP contribution in [0.2, 0.25) is 5.02 Å². The van der Waals surface area contributed by atoms with Gasteiger partial charge in [-0.05, 0) is 49.8 Å². The molecule has 0 radical (unpaired) electrons. The van der Waals surface area contributed by atoms with Gasteiger partial charge >= 0.3 is 0 Å². The molecule has 0 aromatic heterocycles. The van der Waals surface area contributed by atoms with E-state index in [2.05, 4.69) is 0 Å². The van der Waals surface area contributed by atoms with E-state index >= 15 is 0 Å². The molecule has 1 saturated heterocycles. The van der Waals surface area contributed by atoms with E-state index in [4.69, 9.17) is 22.1 Å². The van der Waals surface area contributed by atoms with Crippen molar-refractivity contribution in [3.8, 4) is 0 Å². The third-order valence-corrected chi connectivity index (χ3v) is 3.59. The molecule has 1 fully saturated rings. The van der Waals surface area contributed by atoms with Gasteiger partial charge in [-0.15, -0.1) is 0 Å². The zero-order valence-electron chi connectivity index (χ0n) is 10.1. The average Bonchev–Trinajstić information content (AvgIpc) is 2.37. The van der Waals surface area contributed by atoms with Gasteiger partial charge in [-0.1, -0.05) is 23.7 Å². The first-order chi connectivity index (χ1) is 8.25. The van der Waals surface area contributed by atoms with Gasteiger partial charge in [0.15, 0.2) is 0 Å². The Bertz CT molecular complexity index is 350. The molecule has 0 spiro atoms. The molecule has 2 unspecified atom stereocenters. The lowest BCUT2D eigenvalue weighted by Crippen LogP contribution is -2.21. The van der Waals surface area contributed by atoms with E-state index in [1.165, 1.54) is 19.3 Å². The molecule has 2 nitrogen and oxygen atoms in total. The Morgan fingerprint density at radius 3 is 3.00 bits per heavy atom. The topological polar surface area (TPSA) is 35.2 Å². The number of ether oxygens (including phenoxy) is 1. The molecule has 1 aromatic carbocycles. The minimum atomic E-state index is 0.0687. The summed E-state index contributed by atoms with van der Waals surface area (Å²) in [6.45, 7) is 0.914. The number of nitrogens with two attached hydrogens (primary N) is 1. The normalized spacial score (nSPS) is 22.4. The highest BCUT2D eigenvalue weighted by atomic mass is 35.5. The fraction of sp³-hybridized carbons (Fsp3) is 0.571. The Labute approximate surface area is 108 Å². The first kappa shape index (κ1) is 12.9. The van der Waals surface area contributed by atoms with Crippen LogP contribution in [0.4, 0.5) is 0 Å². The molecular formula is C14H20ClNO. The van der Waals surface area contributed by atoms with Crippen LogP contribution in [0.5, 0.6) is 0 Å². The first-order valence-corrected chi connectivity index (χ1v) is 6.76. The van der Waals surface area contributed by atoms with E-state index in [0.717, 1.165) is 30.0 Å². The second-order valence-electron chi connectivity index (χ2n) is 4.73. The lowest BCUT2D eigenvalue weighted by atomic mass is 9.98. The third-order valence-electron chi connectivity index (χ3n) is 3.35. The highest BCUT2D eigenvalue weighted by Crippen LogP contribution is 2.23. The summed E-state index contributed by atoms with van der Waals surface area (Å²) in [7, 11) is 0. The second kappa shape index (κ2) is 6.39. The second-order valence-corrected chi connectivity index (χ2v) is 5.16. The van der Waals surface area contributed by atoms with E-state index in [1.54, 1.807) is 0 Å². The molecule has 17 heavy (non-hydrogen) atoms. The molecule has 1 aliphatic rings. The summed E-state index contributed by atoms with van der Waals surface area (Å²) in [6, 6.07) is 7.89. The van der Waals surface area contributed by atoms with Crippen molar-refractivity contribution in [2.45, 2.75) is 44.2 Å². The molecule has 2 atom stereocenters. The zero-order chi connectivity index (χ0) is 12.1. The Morgan fingerprint density at radius 1 is 1.41 bits per heavy atom. The number of benzene rings is 1. The van der Waals surface area contributed by atoms with Crippen molar-refractivity contribution in [1.82, 2.24) is 0 Å². The quantitative estimate of drug-likeness (QED) is 0.888. The van der Waals surface area contributed by atoms with Crippen molar-refractivity contribution in [1.29, 1.82) is 0 Å². The maximum Gasteiger partial charge on any atom is 0.0575 e. The van der Waals surface area contributed by atoms with Crippen molar-refractivity contribution < 1.29 is 4.74 Å². The van der Waals surface area contributed by atoms with Crippen LogP contribution < -0.4 is 5.73 Å². The first-order valence-electron chi connectivity index (χ1n) is 6.38. The predicted octanol–water partition coefficient (Wildman–Crippen LogP) is 3.69. The van der Waals surface area contributed by atoms with Crippen molar-refractivity contribution in [2.24, 2.45) is 5.73 Å². The maximum absolute atomic E-state index is 6.17. The van der Waals surface area contributed by atoms with Crippen LogP contribution in [0.1, 0.15) is 43.7 Å². The van der Waals surface area contributed by atoms with Crippen LogP contribution in [0.15, 0.2) is 24.3 Å². The summed E-state index contributed by atoms with van der Waals surface area (Å²) in [5.41, 5.74) is 7.29. The molecular weight excluding hydrogens is 234 g/mol. The molecule has 0 aliphatic carbocycles. The molecule has 0 amide bonds. The van der Waals surface area contributed by atoms with Crippen LogP contribution in [-0.2, 0) is 4.74 Å². The lowest BCUT2D eigenvalue weighted by Gasteiger charge is -2.23. The lowest BCUT2D eigenvalue weighted by molar-refractivity contribution is 0.00912. The highest BCUT2D eigenvalue weighted by Gasteiger charge is 2.15. The molecule has 1 aliphatic heterocycles. The summed E-state index contributed by atoms with van der Waals surface area (Å²) >= 11 is 5.96. The van der Waals surface area contributed by atoms with E-state index in [-0.39, 0.29) is 6.04 Å². The molecule has 3 heteroatoms. The highest BCUT2D eigenvalue weighted by molar-refractivity contribution is 6.30. The van der Waals surface area contributed by atoms with E-state index in [9.17, 15) is 0 Å². The van der Waals surface area contributed by atoms with Gasteiger partial charge in [0.1, 0.15) is 0 Å². The van der Waals surface area contributed by atoms with Gasteiger partial charge in [0.05, 0.1) is 6.10 Å². The molecule has 1 heterocycles. The number of hydrogen-bond donors (Lipinski definition) is 1. The van der Waals surface area contributed by atoms with Crippen LogP contribution >= 0.6 is 11.6 Å². The van der Waals surface area contributed by atoms with Crippen LogP contribution in [0, 0.1) is 0 Å². The molecule has 94 valence electrons. The van der Waals surface area contributed by atoms with Gasteiger partial charge in [0.25, 0.3) is 0 Å². The van der Waals surface area contributed by atoms with Gasteiger partial charge < -0.3 is 10.5 Å². The molecule has 2 rings (SSSR count). The Balaban J connectivity index is 1.82. The minimum absolute atomic E-state index is 0.0687. The van der Waals surface area contributed by atoms with Gasteiger partial charge in [0, 0.05) is 17.7 Å². The molecule has 2 N–H and O–H groups in total. The van der Waals surface area contributed by atoms with Crippen molar-refractivity contribution in [3.63, 3.8) is 0 Å². The number of halogens is 1. The summed E-state index contributed by atoms with van der Waals surface area (Å²) in [5.74, 6) is 0. The van der Waals surface area contributed by atoms with Crippen molar-refractivity contribution in [3.05, 3.63) is 34.9 Å². The molecule has 0 saturated carbocycles. The monoisotopic (exact) mass is 253 g/mol. The van der Waals surface area contributed by atoms with E-state index in [0.29, 0.717) is 6.10 Å². The summed E-state index contributed by atoms with van der Waals surface area (Å²) in [4.78, 5) is 0. The Kier molecular flexibility index (Phi) is 4.84. The van der Waals surface area contributed by atoms with Gasteiger partial charge in [0.2, 0.25) is 0 Å². The average molecular weight is 254 g/mol. The molecule has 1 aromatic rings. The largest absolute Gasteiger partial charge is 0.378 e. The van der Waals surface area contributed by atoms with Crippen molar-refractivity contribution in [2.75, 3.05) is 6.61 Å². The Morgan fingerprint density at radius 2 is 2.29 bits per heavy atom. The SMILES string of the molecule is NC(CCC1CCCCO1)c1cccc(Cl)c1. The number of hydrogen-bond acceptors (Lipinski definition) is 2. The standard InChI is InChI=1S/C14H20ClNO/c15-12-5-3-4-11(10-12)14(16)8-7-13-6-1-2-9-17-13/h3-5,10,13-14H,1-2,6-9,16H2. The van der Waals surface area contributed by atoms with E-state index < -0.39 is 0 Å². The zero-order valence-corrected chi connectivity index (χ0v) is 10.8. The molecule has 0 bridgehead atoms. The van der Waals surface area contributed by atoms with Crippen molar-refractivity contribution >= 4 is 11.6 Å². The summed E-state index contributed by atoms with van der Waals surface area (Å²) in [6.07, 6.45) is 6.10. The number of rotatable bonds is 4. The Hall–Kier alpha value is -0.570. The summed E-state index contributed by atoms with van der Waals surface area (Å²) < 4.78 is 5.71. The van der Waals surface area contributed by atoms with E-state index in [1.807, 2.05) is 24.3 Å². The summed E-state index contributed by atoms with van der Waals surface area (Å²) in [5, 5.41) is 0.756. The van der Waals surface area contributed by atoms with Gasteiger partial charge in [-0.2, -0.15) is 0 Å². The van der Waals surface area contributed by atoms with Gasteiger partial charge in [-0.3, -0.25) is 0 Å². The fourth-order valence-corrected chi connectivity index (χ4v) is 2.50. The van der Waals surface area contributed by atoms with Crippen LogP contribution in [0.3, 0.4) is 0 Å². The van der Waals surface area contributed by atoms with Gasteiger partial charge in [-0.25, -0.2) is 0 Å². The smallest absolute Gasteiger partial charge is 0.0575 e.